The lowest BCUT2D eigenvalue weighted by molar-refractivity contribution is 0.102. The molecule has 1 heterocycles. The number of phenolic OH excluding ortho intramolecular Hbond substituents is 1. The Balaban J connectivity index is 1.53. The zero-order valence-electron chi connectivity index (χ0n) is 17.2. The van der Waals surface area contributed by atoms with Gasteiger partial charge in [-0.1, -0.05) is 48.6 Å². The van der Waals surface area contributed by atoms with Gasteiger partial charge in [0, 0.05) is 11.6 Å². The number of ether oxygens (including phenoxy) is 1. The second kappa shape index (κ2) is 7.84. The molecule has 1 amide bonds. The molecule has 0 bridgehead atoms. The highest BCUT2D eigenvalue weighted by molar-refractivity contribution is 6.08. The Morgan fingerprint density at radius 1 is 1.10 bits per heavy atom. The van der Waals surface area contributed by atoms with Gasteiger partial charge in [-0.15, -0.1) is 0 Å². The number of allylic oxidation sites excluding steroid dienone is 2. The summed E-state index contributed by atoms with van der Waals surface area (Å²) in [4.78, 5) is 13.1. The third kappa shape index (κ3) is 3.42. The van der Waals surface area contributed by atoms with E-state index in [0.29, 0.717) is 17.2 Å². The molecule has 0 spiro atoms. The molecule has 0 saturated carbocycles. The largest absolute Gasteiger partial charge is 0.504 e. The van der Waals surface area contributed by atoms with E-state index in [0.717, 1.165) is 28.9 Å². The minimum Gasteiger partial charge on any atom is -0.504 e. The Kier molecular flexibility index (Phi) is 4.86. The molecule has 3 unspecified atom stereocenters. The number of carbonyl (C=O) groups is 1. The van der Waals surface area contributed by atoms with Crippen LogP contribution in [0.25, 0.3) is 0 Å². The first-order valence-corrected chi connectivity index (χ1v) is 10.4. The van der Waals surface area contributed by atoms with Gasteiger partial charge in [0.15, 0.2) is 11.5 Å². The molecule has 3 aromatic rings. The van der Waals surface area contributed by atoms with Crippen molar-refractivity contribution in [3.05, 3.63) is 95.6 Å². The average Bonchev–Trinajstić information content (AvgIpc) is 3.29. The number of nitrogens with one attached hydrogen (secondary N) is 2. The lowest BCUT2D eigenvalue weighted by Gasteiger charge is -2.38. The summed E-state index contributed by atoms with van der Waals surface area (Å²) in [7, 11) is 1.54. The number of hydrogen-bond acceptors (Lipinski definition) is 4. The number of fused-ring (bicyclic) bond motifs is 3. The monoisotopic (exact) mass is 412 g/mol. The molecule has 156 valence electrons. The predicted octanol–water partition coefficient (Wildman–Crippen LogP) is 5.48. The minimum atomic E-state index is -0.146. The van der Waals surface area contributed by atoms with Crippen molar-refractivity contribution in [2.24, 2.45) is 5.92 Å². The van der Waals surface area contributed by atoms with E-state index >= 15 is 0 Å². The molecule has 3 atom stereocenters. The van der Waals surface area contributed by atoms with Gasteiger partial charge in [-0.3, -0.25) is 4.79 Å². The number of aromatic hydroxyl groups is 1. The summed E-state index contributed by atoms with van der Waals surface area (Å²) in [5.74, 6) is 0.948. The van der Waals surface area contributed by atoms with Gasteiger partial charge in [0.25, 0.3) is 5.91 Å². The summed E-state index contributed by atoms with van der Waals surface area (Å²) >= 11 is 0. The van der Waals surface area contributed by atoms with Crippen LogP contribution in [0, 0.1) is 5.92 Å². The minimum absolute atomic E-state index is 0.0324. The summed E-state index contributed by atoms with van der Waals surface area (Å²) in [5.41, 5.74) is 4.33. The molecule has 5 heteroatoms. The molecule has 5 rings (SSSR count). The highest BCUT2D eigenvalue weighted by Gasteiger charge is 2.39. The van der Waals surface area contributed by atoms with E-state index in [2.05, 4.69) is 28.9 Å². The van der Waals surface area contributed by atoms with Crippen molar-refractivity contribution < 1.29 is 14.6 Å². The van der Waals surface area contributed by atoms with Crippen molar-refractivity contribution in [2.75, 3.05) is 17.7 Å². The number of rotatable bonds is 4. The molecule has 1 aliphatic heterocycles. The maximum Gasteiger partial charge on any atom is 0.257 e. The molecule has 31 heavy (non-hydrogen) atoms. The lowest BCUT2D eigenvalue weighted by atomic mass is 9.76. The summed E-state index contributed by atoms with van der Waals surface area (Å²) < 4.78 is 5.20. The van der Waals surface area contributed by atoms with Crippen LogP contribution in [0.2, 0.25) is 0 Å². The standard InChI is InChI=1S/C26H24N2O3/c1-31-23-14-13-16(15-22(23)29)24-19-10-5-9-18(19)20-11-6-12-21(25(20)28-24)26(30)27-17-7-3-2-4-8-17/h2-9,11-15,18-19,24,28-29H,10H2,1H3,(H,27,30). The van der Waals surface area contributed by atoms with Crippen molar-refractivity contribution >= 4 is 17.3 Å². The first kappa shape index (κ1) is 19.2. The zero-order valence-corrected chi connectivity index (χ0v) is 17.2. The SMILES string of the molecule is COc1ccc(C2Nc3c(C(=O)Nc4ccccc4)cccc3C3C=CCC32)cc1O. The fraction of sp³-hybridized carbons (Fsp3) is 0.192. The number of anilines is 2. The van der Waals surface area contributed by atoms with Crippen LogP contribution in [-0.2, 0) is 0 Å². The Morgan fingerprint density at radius 2 is 1.94 bits per heavy atom. The Bertz CT molecular complexity index is 1160. The number of para-hydroxylation sites is 2. The van der Waals surface area contributed by atoms with Crippen LogP contribution in [0.5, 0.6) is 11.5 Å². The van der Waals surface area contributed by atoms with Crippen LogP contribution in [0.4, 0.5) is 11.4 Å². The highest BCUT2D eigenvalue weighted by atomic mass is 16.5. The van der Waals surface area contributed by atoms with E-state index in [9.17, 15) is 9.90 Å². The van der Waals surface area contributed by atoms with E-state index in [1.165, 1.54) is 0 Å². The smallest absolute Gasteiger partial charge is 0.257 e. The van der Waals surface area contributed by atoms with Gasteiger partial charge in [-0.2, -0.15) is 0 Å². The number of methoxy groups -OCH3 is 1. The fourth-order valence-corrected chi connectivity index (χ4v) is 4.76. The quantitative estimate of drug-likeness (QED) is 0.496. The zero-order chi connectivity index (χ0) is 21.4. The third-order valence-electron chi connectivity index (χ3n) is 6.24. The molecular formula is C26H24N2O3. The van der Waals surface area contributed by atoms with Gasteiger partial charge < -0.3 is 20.5 Å². The normalized spacial score (nSPS) is 21.0. The third-order valence-corrected chi connectivity index (χ3v) is 6.24. The summed E-state index contributed by atoms with van der Waals surface area (Å²) in [6.07, 6.45) is 5.38. The molecule has 3 N–H and O–H groups in total. The van der Waals surface area contributed by atoms with Gasteiger partial charge in [-0.25, -0.2) is 0 Å². The topological polar surface area (TPSA) is 70.6 Å². The average molecular weight is 412 g/mol. The van der Waals surface area contributed by atoms with E-state index in [-0.39, 0.29) is 23.6 Å². The van der Waals surface area contributed by atoms with Crippen molar-refractivity contribution in [2.45, 2.75) is 18.4 Å². The first-order chi connectivity index (χ1) is 15.2. The van der Waals surface area contributed by atoms with Crippen molar-refractivity contribution in [3.8, 4) is 11.5 Å². The molecule has 2 aliphatic rings. The predicted molar refractivity (Wildman–Crippen MR) is 122 cm³/mol. The second-order valence-electron chi connectivity index (χ2n) is 8.00. The molecule has 0 saturated heterocycles. The van der Waals surface area contributed by atoms with E-state index < -0.39 is 0 Å². The summed E-state index contributed by atoms with van der Waals surface area (Å²) in [5, 5.41) is 17.0. The number of hydrogen-bond donors (Lipinski definition) is 3. The van der Waals surface area contributed by atoms with Crippen molar-refractivity contribution in [1.82, 2.24) is 0 Å². The van der Waals surface area contributed by atoms with Crippen LogP contribution >= 0.6 is 0 Å². The molecule has 1 aliphatic carbocycles. The fourth-order valence-electron chi connectivity index (χ4n) is 4.76. The maximum atomic E-state index is 13.1. The van der Waals surface area contributed by atoms with Gasteiger partial charge >= 0.3 is 0 Å². The van der Waals surface area contributed by atoms with Crippen LogP contribution < -0.4 is 15.4 Å². The molecule has 0 fully saturated rings. The number of benzene rings is 3. The van der Waals surface area contributed by atoms with Gasteiger partial charge in [0.2, 0.25) is 0 Å². The van der Waals surface area contributed by atoms with Gasteiger partial charge in [-0.05, 0) is 53.8 Å². The second-order valence-corrected chi connectivity index (χ2v) is 8.00. The van der Waals surface area contributed by atoms with E-state index in [1.807, 2.05) is 48.5 Å². The van der Waals surface area contributed by atoms with E-state index in [4.69, 9.17) is 4.74 Å². The summed E-state index contributed by atoms with van der Waals surface area (Å²) in [6, 6.07) is 20.8. The van der Waals surface area contributed by atoms with Crippen LogP contribution in [0.15, 0.2) is 78.9 Å². The number of carbonyl (C=O) groups excluding carboxylic acids is 1. The van der Waals surface area contributed by atoms with Gasteiger partial charge in [0.1, 0.15) is 0 Å². The Morgan fingerprint density at radius 3 is 2.71 bits per heavy atom. The molecule has 5 nitrogen and oxygen atoms in total. The Hall–Kier alpha value is -3.73. The van der Waals surface area contributed by atoms with Crippen LogP contribution in [-0.4, -0.2) is 18.1 Å². The number of amides is 1. The van der Waals surface area contributed by atoms with Crippen molar-refractivity contribution in [1.29, 1.82) is 0 Å². The molecule has 0 radical (unpaired) electrons. The lowest BCUT2D eigenvalue weighted by Crippen LogP contribution is -2.30. The highest BCUT2D eigenvalue weighted by Crippen LogP contribution is 2.51. The van der Waals surface area contributed by atoms with Crippen LogP contribution in [0.1, 0.15) is 39.9 Å². The molecule has 3 aromatic carbocycles. The molecular weight excluding hydrogens is 388 g/mol. The van der Waals surface area contributed by atoms with Gasteiger partial charge in [0.05, 0.1) is 24.4 Å². The first-order valence-electron chi connectivity index (χ1n) is 10.4. The maximum absolute atomic E-state index is 13.1. The number of phenols is 1. The molecule has 0 aromatic heterocycles. The summed E-state index contributed by atoms with van der Waals surface area (Å²) in [6.45, 7) is 0. The Labute approximate surface area is 181 Å². The van der Waals surface area contributed by atoms with E-state index in [1.54, 1.807) is 19.2 Å². The van der Waals surface area contributed by atoms with Crippen LogP contribution in [0.3, 0.4) is 0 Å². The van der Waals surface area contributed by atoms with Crippen molar-refractivity contribution in [3.63, 3.8) is 0 Å².